The molecule has 24 heavy (non-hydrogen) atoms. The molecule has 0 unspecified atom stereocenters. The Kier molecular flexibility index (Phi) is 5.91. The van der Waals surface area contributed by atoms with Gasteiger partial charge < -0.3 is 9.15 Å². The van der Waals surface area contributed by atoms with E-state index in [9.17, 15) is 4.79 Å². The number of hydrogen-bond donors (Lipinski definition) is 0. The molecule has 3 rings (SSSR count). The maximum Gasteiger partial charge on any atom is 0.277 e. The predicted molar refractivity (Wildman–Crippen MR) is 92.8 cm³/mol. The van der Waals surface area contributed by atoms with Gasteiger partial charge in [-0.3, -0.25) is 4.79 Å². The molecule has 1 fully saturated rings. The molecule has 1 aliphatic rings. The van der Waals surface area contributed by atoms with E-state index in [1.165, 1.54) is 31.0 Å². The SMILES string of the molecule is CCOc1ccc(C(=O)CSc2nnc(C3CCCCC3)o2)cc1. The zero-order chi connectivity index (χ0) is 16.8. The summed E-state index contributed by atoms with van der Waals surface area (Å²) in [4.78, 5) is 12.2. The van der Waals surface area contributed by atoms with Gasteiger partial charge in [0.25, 0.3) is 5.22 Å². The summed E-state index contributed by atoms with van der Waals surface area (Å²) in [5.41, 5.74) is 0.665. The molecule has 2 aromatic rings. The Hall–Kier alpha value is -1.82. The summed E-state index contributed by atoms with van der Waals surface area (Å²) in [6, 6.07) is 7.20. The van der Waals surface area contributed by atoms with Gasteiger partial charge in [-0.1, -0.05) is 31.0 Å². The van der Waals surface area contributed by atoms with Crippen molar-refractivity contribution in [3.63, 3.8) is 0 Å². The molecule has 0 bridgehead atoms. The van der Waals surface area contributed by atoms with Crippen molar-refractivity contribution in [2.45, 2.75) is 50.2 Å². The van der Waals surface area contributed by atoms with Crippen LogP contribution in [0.2, 0.25) is 0 Å². The molecule has 1 aromatic carbocycles. The van der Waals surface area contributed by atoms with Crippen molar-refractivity contribution < 1.29 is 13.9 Å². The molecule has 5 nitrogen and oxygen atoms in total. The molecule has 0 N–H and O–H groups in total. The first kappa shape index (κ1) is 17.0. The highest BCUT2D eigenvalue weighted by molar-refractivity contribution is 7.99. The molecule has 0 amide bonds. The number of ether oxygens (including phenoxy) is 1. The molecular formula is C18H22N2O3S. The van der Waals surface area contributed by atoms with Gasteiger partial charge in [-0.05, 0) is 44.0 Å². The van der Waals surface area contributed by atoms with Crippen LogP contribution in [0.3, 0.4) is 0 Å². The van der Waals surface area contributed by atoms with Gasteiger partial charge in [0.2, 0.25) is 5.89 Å². The van der Waals surface area contributed by atoms with Crippen LogP contribution in [0.4, 0.5) is 0 Å². The van der Waals surface area contributed by atoms with Crippen molar-refractivity contribution in [2.75, 3.05) is 12.4 Å². The zero-order valence-corrected chi connectivity index (χ0v) is 14.7. The molecule has 1 aromatic heterocycles. The van der Waals surface area contributed by atoms with Gasteiger partial charge in [0.05, 0.1) is 12.4 Å². The third-order valence-corrected chi connectivity index (χ3v) is 5.01. The Morgan fingerprint density at radius 1 is 1.21 bits per heavy atom. The second-order valence-corrected chi connectivity index (χ2v) is 6.84. The van der Waals surface area contributed by atoms with Crippen molar-refractivity contribution >= 4 is 17.5 Å². The van der Waals surface area contributed by atoms with Crippen LogP contribution < -0.4 is 4.74 Å². The minimum Gasteiger partial charge on any atom is -0.494 e. The van der Waals surface area contributed by atoms with Crippen molar-refractivity contribution in [2.24, 2.45) is 0 Å². The highest BCUT2D eigenvalue weighted by Gasteiger charge is 2.21. The first-order valence-corrected chi connectivity index (χ1v) is 9.47. The maximum absolute atomic E-state index is 12.2. The molecule has 128 valence electrons. The van der Waals surface area contributed by atoms with Crippen molar-refractivity contribution in [3.05, 3.63) is 35.7 Å². The number of carbonyl (C=O) groups is 1. The topological polar surface area (TPSA) is 65.2 Å². The Morgan fingerprint density at radius 2 is 1.96 bits per heavy atom. The van der Waals surface area contributed by atoms with Gasteiger partial charge >= 0.3 is 0 Å². The molecule has 0 atom stereocenters. The molecular weight excluding hydrogens is 324 g/mol. The summed E-state index contributed by atoms with van der Waals surface area (Å²) < 4.78 is 11.1. The number of ketones is 1. The number of rotatable bonds is 7. The van der Waals surface area contributed by atoms with Crippen LogP contribution in [0.15, 0.2) is 33.9 Å². The fourth-order valence-corrected chi connectivity index (χ4v) is 3.57. The fourth-order valence-electron chi connectivity index (χ4n) is 2.91. The summed E-state index contributed by atoms with van der Waals surface area (Å²) >= 11 is 1.30. The number of nitrogens with zero attached hydrogens (tertiary/aromatic N) is 2. The van der Waals surface area contributed by atoms with Crippen molar-refractivity contribution in [1.82, 2.24) is 10.2 Å². The summed E-state index contributed by atoms with van der Waals surface area (Å²) in [5, 5.41) is 8.71. The van der Waals surface area contributed by atoms with E-state index in [2.05, 4.69) is 10.2 Å². The summed E-state index contributed by atoms with van der Waals surface area (Å²) in [5.74, 6) is 2.23. The van der Waals surface area contributed by atoms with E-state index in [-0.39, 0.29) is 5.78 Å². The molecule has 1 heterocycles. The highest BCUT2D eigenvalue weighted by Crippen LogP contribution is 2.33. The van der Waals surface area contributed by atoms with Gasteiger partial charge in [-0.25, -0.2) is 0 Å². The molecule has 0 saturated heterocycles. The Balaban J connectivity index is 1.53. The number of Topliss-reactive ketones (excluding diaryl/α,β-unsaturated/α-hetero) is 1. The Labute approximate surface area is 146 Å². The number of aromatic nitrogens is 2. The fraction of sp³-hybridized carbons (Fsp3) is 0.500. The summed E-state index contributed by atoms with van der Waals surface area (Å²) in [6.45, 7) is 2.55. The lowest BCUT2D eigenvalue weighted by Gasteiger charge is -2.17. The van der Waals surface area contributed by atoms with Crippen LogP contribution in [0.1, 0.15) is 61.2 Å². The maximum atomic E-state index is 12.2. The predicted octanol–water partition coefficient (Wildman–Crippen LogP) is 4.49. The molecule has 0 radical (unpaired) electrons. The monoisotopic (exact) mass is 346 g/mol. The van der Waals surface area contributed by atoms with Crippen molar-refractivity contribution in [1.29, 1.82) is 0 Å². The smallest absolute Gasteiger partial charge is 0.277 e. The quantitative estimate of drug-likeness (QED) is 0.543. The summed E-state index contributed by atoms with van der Waals surface area (Å²) in [7, 11) is 0. The molecule has 0 aliphatic heterocycles. The molecule has 1 aliphatic carbocycles. The summed E-state index contributed by atoms with van der Waals surface area (Å²) in [6.07, 6.45) is 6.00. The van der Waals surface area contributed by atoms with Crippen LogP contribution in [0, 0.1) is 0 Å². The van der Waals surface area contributed by atoms with Crippen LogP contribution >= 0.6 is 11.8 Å². The third kappa shape index (κ3) is 4.38. The average molecular weight is 346 g/mol. The van der Waals surface area contributed by atoms with E-state index in [4.69, 9.17) is 9.15 Å². The normalized spacial score (nSPS) is 15.4. The standard InChI is InChI=1S/C18H22N2O3S/c1-2-22-15-10-8-13(9-11-15)16(21)12-24-18-20-19-17(23-18)14-6-4-3-5-7-14/h8-11,14H,2-7,12H2,1H3. The highest BCUT2D eigenvalue weighted by atomic mass is 32.2. The lowest BCUT2D eigenvalue weighted by Crippen LogP contribution is -2.04. The van der Waals surface area contributed by atoms with Crippen molar-refractivity contribution in [3.8, 4) is 5.75 Å². The molecule has 1 saturated carbocycles. The van der Waals surface area contributed by atoms with E-state index in [1.54, 1.807) is 12.1 Å². The first-order chi connectivity index (χ1) is 11.8. The van der Waals surface area contributed by atoms with Gasteiger partial charge in [0.15, 0.2) is 5.78 Å². The Bertz CT molecular complexity index is 663. The van der Waals surface area contributed by atoms with Crippen LogP contribution in [-0.4, -0.2) is 28.3 Å². The number of thioether (sulfide) groups is 1. The van der Waals surface area contributed by atoms with E-state index in [0.717, 1.165) is 24.5 Å². The second kappa shape index (κ2) is 8.33. The van der Waals surface area contributed by atoms with Gasteiger partial charge in [-0.15, -0.1) is 10.2 Å². The Morgan fingerprint density at radius 3 is 2.67 bits per heavy atom. The van der Waals surface area contributed by atoms with Gasteiger partial charge in [0, 0.05) is 11.5 Å². The minimum atomic E-state index is 0.0421. The lowest BCUT2D eigenvalue weighted by molar-refractivity contribution is 0.102. The van der Waals surface area contributed by atoms with E-state index >= 15 is 0 Å². The largest absolute Gasteiger partial charge is 0.494 e. The number of carbonyl (C=O) groups excluding carboxylic acids is 1. The van der Waals surface area contributed by atoms with Crippen LogP contribution in [-0.2, 0) is 0 Å². The van der Waals surface area contributed by atoms with Gasteiger partial charge in [-0.2, -0.15) is 0 Å². The first-order valence-electron chi connectivity index (χ1n) is 8.48. The van der Waals surface area contributed by atoms with Gasteiger partial charge in [0.1, 0.15) is 5.75 Å². The number of benzene rings is 1. The van der Waals surface area contributed by atoms with E-state index in [1.807, 2.05) is 19.1 Å². The van der Waals surface area contributed by atoms with Crippen LogP contribution in [0.25, 0.3) is 0 Å². The number of hydrogen-bond acceptors (Lipinski definition) is 6. The van der Waals surface area contributed by atoms with E-state index < -0.39 is 0 Å². The second-order valence-electron chi connectivity index (χ2n) is 5.91. The average Bonchev–Trinajstić information content (AvgIpc) is 3.10. The zero-order valence-electron chi connectivity index (χ0n) is 13.9. The molecule has 6 heteroatoms. The third-order valence-electron chi connectivity index (χ3n) is 4.19. The van der Waals surface area contributed by atoms with Crippen LogP contribution in [0.5, 0.6) is 5.75 Å². The minimum absolute atomic E-state index is 0.0421. The van der Waals surface area contributed by atoms with E-state index in [0.29, 0.717) is 29.1 Å². The lowest BCUT2D eigenvalue weighted by atomic mass is 9.89. The molecule has 0 spiro atoms.